The second-order valence-corrected chi connectivity index (χ2v) is 11.4. The fourth-order valence-corrected chi connectivity index (χ4v) is 5.32. The fraction of sp³-hybridized carbons (Fsp3) is 0.306. The second-order valence-electron chi connectivity index (χ2n) is 11.4. The highest BCUT2D eigenvalue weighted by molar-refractivity contribution is 5.92. The molecule has 4 aromatic rings. The number of hydrogen-bond acceptors (Lipinski definition) is 7. The number of carbonyl (C=O) groups is 2. The van der Waals surface area contributed by atoms with Gasteiger partial charge in [0.05, 0.1) is 37.3 Å². The number of benzene rings is 3. The van der Waals surface area contributed by atoms with Crippen molar-refractivity contribution < 1.29 is 37.0 Å². The van der Waals surface area contributed by atoms with Gasteiger partial charge in [0.2, 0.25) is 5.91 Å². The van der Waals surface area contributed by atoms with Crippen molar-refractivity contribution in [2.75, 3.05) is 38.7 Å². The summed E-state index contributed by atoms with van der Waals surface area (Å²) in [6, 6.07) is 20.8. The molecule has 2 amide bonds. The predicted molar refractivity (Wildman–Crippen MR) is 173 cm³/mol. The third-order valence-electron chi connectivity index (χ3n) is 7.98. The summed E-state index contributed by atoms with van der Waals surface area (Å²) >= 11 is 0. The number of anilines is 1. The highest BCUT2D eigenvalue weighted by atomic mass is 19.1. The summed E-state index contributed by atoms with van der Waals surface area (Å²) in [7, 11) is 1.62. The van der Waals surface area contributed by atoms with Crippen molar-refractivity contribution in [3.63, 3.8) is 0 Å². The average Bonchev–Trinajstić information content (AvgIpc) is 3.09. The van der Waals surface area contributed by atoms with Crippen LogP contribution in [0.3, 0.4) is 0 Å². The molecule has 2 atom stereocenters. The van der Waals surface area contributed by atoms with Crippen LogP contribution in [0.4, 0.5) is 23.7 Å². The lowest BCUT2D eigenvalue weighted by atomic mass is 9.88. The number of rotatable bonds is 13. The van der Waals surface area contributed by atoms with E-state index in [1.54, 1.807) is 31.3 Å². The molecule has 5 rings (SSSR count). The lowest BCUT2D eigenvalue weighted by molar-refractivity contribution is -0.116. The predicted octanol–water partition coefficient (Wildman–Crippen LogP) is 6.05. The summed E-state index contributed by atoms with van der Waals surface area (Å²) in [4.78, 5) is 31.1. The molecular formula is C36H37F3N4O5. The smallest absolute Gasteiger partial charge is 0.411 e. The van der Waals surface area contributed by atoms with Gasteiger partial charge in [-0.1, -0.05) is 42.5 Å². The Morgan fingerprint density at radius 2 is 1.65 bits per heavy atom. The highest BCUT2D eigenvalue weighted by Gasteiger charge is 2.26. The van der Waals surface area contributed by atoms with Gasteiger partial charge in [-0.25, -0.2) is 18.0 Å². The number of halogens is 3. The third kappa shape index (κ3) is 9.79. The molecule has 0 radical (unpaired) electrons. The second kappa shape index (κ2) is 16.8. The van der Waals surface area contributed by atoms with Gasteiger partial charge in [0.1, 0.15) is 29.8 Å². The molecule has 3 aromatic carbocycles. The van der Waals surface area contributed by atoms with E-state index < -0.39 is 41.6 Å². The largest absolute Gasteiger partial charge is 0.492 e. The number of likely N-dealkylation sites (N-methyl/N-ethyl adjacent to an activating group) is 1. The number of pyridine rings is 1. The molecule has 1 saturated heterocycles. The number of hydrogen-bond donors (Lipinski definition) is 2. The number of carbonyl (C=O) groups excluding carboxylic acids is 2. The molecule has 252 valence electrons. The first-order valence-corrected chi connectivity index (χ1v) is 15.6. The average molecular weight is 663 g/mol. The summed E-state index contributed by atoms with van der Waals surface area (Å²) < 4.78 is 59.2. The number of ether oxygens (including phenoxy) is 3. The zero-order valence-corrected chi connectivity index (χ0v) is 26.4. The molecule has 12 heteroatoms. The Balaban J connectivity index is 1.11. The Morgan fingerprint density at radius 1 is 0.979 bits per heavy atom. The standard InChI is InChI=1S/C36H37F3N4O5/c1-43(17-18-46-28-5-3-2-4-6-28)36(45)48-35-23-47-29(20-41-35)15-16-30-32(39)21-40-22-33(30)42-34(44)19-31(24-7-11-26(37)12-8-24)25-9-13-27(38)14-10-25/h2-14,21-22,29,31,35,41H,15-20,23H2,1H3,(H,42,44)/t29-,35+/m1/s1. The van der Waals surface area contributed by atoms with Crippen molar-refractivity contribution in [3.8, 4) is 5.75 Å². The number of amides is 2. The molecule has 1 aromatic heterocycles. The molecule has 0 spiro atoms. The summed E-state index contributed by atoms with van der Waals surface area (Å²) in [5.74, 6) is -1.61. The van der Waals surface area contributed by atoms with Crippen LogP contribution in [0.1, 0.15) is 35.4 Å². The molecule has 48 heavy (non-hydrogen) atoms. The van der Waals surface area contributed by atoms with E-state index in [2.05, 4.69) is 15.6 Å². The summed E-state index contributed by atoms with van der Waals surface area (Å²) in [5, 5.41) is 5.92. The van der Waals surface area contributed by atoms with E-state index in [4.69, 9.17) is 14.2 Å². The zero-order valence-electron chi connectivity index (χ0n) is 26.4. The molecule has 0 aliphatic carbocycles. The van der Waals surface area contributed by atoms with E-state index in [9.17, 15) is 22.8 Å². The first kappa shape index (κ1) is 34.4. The van der Waals surface area contributed by atoms with Crippen molar-refractivity contribution in [2.45, 2.75) is 37.5 Å². The van der Waals surface area contributed by atoms with Crippen LogP contribution in [-0.4, -0.2) is 67.6 Å². The molecule has 0 saturated carbocycles. The van der Waals surface area contributed by atoms with Crippen molar-refractivity contribution >= 4 is 17.7 Å². The first-order chi connectivity index (χ1) is 23.2. The number of nitrogens with one attached hydrogen (secondary N) is 2. The third-order valence-corrected chi connectivity index (χ3v) is 7.98. The van der Waals surface area contributed by atoms with Crippen LogP contribution in [0.25, 0.3) is 0 Å². The summed E-state index contributed by atoms with van der Waals surface area (Å²) in [6.07, 6.45) is 1.61. The van der Waals surface area contributed by atoms with E-state index in [1.165, 1.54) is 35.4 Å². The number of morpholine rings is 1. The van der Waals surface area contributed by atoms with Crippen molar-refractivity contribution in [2.24, 2.45) is 0 Å². The Morgan fingerprint density at radius 3 is 2.27 bits per heavy atom. The zero-order chi connectivity index (χ0) is 33.9. The van der Waals surface area contributed by atoms with Crippen molar-refractivity contribution in [1.82, 2.24) is 15.2 Å². The number of para-hydroxylation sites is 1. The Hall–Kier alpha value is -4.94. The van der Waals surface area contributed by atoms with Gasteiger partial charge in [0.25, 0.3) is 0 Å². The quantitative estimate of drug-likeness (QED) is 0.180. The van der Waals surface area contributed by atoms with Crippen molar-refractivity contribution in [3.05, 3.63) is 125 Å². The van der Waals surface area contributed by atoms with Crippen LogP contribution >= 0.6 is 0 Å². The monoisotopic (exact) mass is 662 g/mol. The van der Waals surface area contributed by atoms with E-state index in [0.717, 1.165) is 6.20 Å². The van der Waals surface area contributed by atoms with Gasteiger partial charge in [-0.2, -0.15) is 0 Å². The molecule has 2 heterocycles. The Labute approximate surface area is 277 Å². The molecular weight excluding hydrogens is 625 g/mol. The molecule has 2 N–H and O–H groups in total. The molecule has 0 bridgehead atoms. The molecule has 1 fully saturated rings. The Kier molecular flexibility index (Phi) is 12.0. The summed E-state index contributed by atoms with van der Waals surface area (Å²) in [6.45, 7) is 1.12. The molecule has 9 nitrogen and oxygen atoms in total. The first-order valence-electron chi connectivity index (χ1n) is 15.6. The van der Waals surface area contributed by atoms with Gasteiger partial charge < -0.3 is 24.4 Å². The van der Waals surface area contributed by atoms with Gasteiger partial charge in [-0.3, -0.25) is 15.1 Å². The van der Waals surface area contributed by atoms with E-state index >= 15 is 0 Å². The van der Waals surface area contributed by atoms with Gasteiger partial charge in [-0.15, -0.1) is 0 Å². The van der Waals surface area contributed by atoms with E-state index in [-0.39, 0.29) is 36.8 Å². The topological polar surface area (TPSA) is 102 Å². The normalized spacial score (nSPS) is 15.9. The molecule has 1 aliphatic heterocycles. The minimum Gasteiger partial charge on any atom is -0.492 e. The number of aromatic nitrogens is 1. The molecule has 1 aliphatic rings. The van der Waals surface area contributed by atoms with Gasteiger partial charge in [-0.05, 0) is 60.4 Å². The maximum atomic E-state index is 15.0. The maximum Gasteiger partial charge on any atom is 0.411 e. The highest BCUT2D eigenvalue weighted by Crippen LogP contribution is 2.30. The molecule has 0 unspecified atom stereocenters. The minimum atomic E-state index is -0.645. The minimum absolute atomic E-state index is 0.0573. The maximum absolute atomic E-state index is 15.0. The fourth-order valence-electron chi connectivity index (χ4n) is 5.32. The SMILES string of the molecule is CN(CCOc1ccccc1)C(=O)O[C@H]1CO[C@H](CCc2c(F)cncc2NC(=O)CC(c2ccc(F)cc2)c2ccc(F)cc2)CN1. The lowest BCUT2D eigenvalue weighted by Crippen LogP contribution is -2.50. The van der Waals surface area contributed by atoms with E-state index in [0.29, 0.717) is 43.0 Å². The van der Waals surface area contributed by atoms with Crippen LogP contribution in [-0.2, 0) is 20.7 Å². The lowest BCUT2D eigenvalue weighted by Gasteiger charge is -2.31. The van der Waals surface area contributed by atoms with Crippen LogP contribution in [0.2, 0.25) is 0 Å². The van der Waals surface area contributed by atoms with Crippen LogP contribution in [0.5, 0.6) is 5.75 Å². The Bertz CT molecular complexity index is 1590. The van der Waals surface area contributed by atoms with Gasteiger partial charge in [0.15, 0.2) is 6.23 Å². The van der Waals surface area contributed by atoms with Crippen LogP contribution < -0.4 is 15.4 Å². The van der Waals surface area contributed by atoms with Gasteiger partial charge >= 0.3 is 6.09 Å². The van der Waals surface area contributed by atoms with Crippen LogP contribution in [0, 0.1) is 17.5 Å². The summed E-state index contributed by atoms with van der Waals surface area (Å²) in [5.41, 5.74) is 1.84. The van der Waals surface area contributed by atoms with Gasteiger partial charge in [0, 0.05) is 31.5 Å². The van der Waals surface area contributed by atoms with E-state index in [1.807, 2.05) is 30.3 Å². The van der Waals surface area contributed by atoms with Crippen LogP contribution in [0.15, 0.2) is 91.3 Å². The van der Waals surface area contributed by atoms with Crippen molar-refractivity contribution in [1.29, 1.82) is 0 Å². The number of nitrogens with zero attached hydrogens (tertiary/aromatic N) is 2.